The Morgan fingerprint density at radius 3 is 2.67 bits per heavy atom. The molecule has 1 amide bonds. The Balaban J connectivity index is 2.55. The third-order valence-corrected chi connectivity index (χ3v) is 3.00. The molecule has 5 nitrogen and oxygen atoms in total. The van der Waals surface area contributed by atoms with Crippen molar-refractivity contribution in [3.8, 4) is 0 Å². The van der Waals surface area contributed by atoms with Gasteiger partial charge in [-0.05, 0) is 40.2 Å². The van der Waals surface area contributed by atoms with Crippen LogP contribution in [0.5, 0.6) is 0 Å². The summed E-state index contributed by atoms with van der Waals surface area (Å²) >= 11 is 0. The molecule has 0 saturated carbocycles. The smallest absolute Gasteiger partial charge is 0.410 e. The number of nitrogens with zero attached hydrogens (tertiary/aromatic N) is 1. The number of carbonyl (C=O) groups excluding carboxylic acids is 2. The lowest BCUT2D eigenvalue weighted by Gasteiger charge is -2.26. The summed E-state index contributed by atoms with van der Waals surface area (Å²) in [6, 6.07) is 0. The molecule has 0 aromatic rings. The highest BCUT2D eigenvalue weighted by atomic mass is 16.6. The molecule has 1 atom stereocenters. The molecule has 1 aliphatic heterocycles. The molecule has 0 bridgehead atoms. The second-order valence-corrected chi connectivity index (χ2v) is 5.75. The number of likely N-dealkylation sites (tertiary alicyclic amines) is 1. The lowest BCUT2D eigenvalue weighted by molar-refractivity contribution is -0.122. The summed E-state index contributed by atoms with van der Waals surface area (Å²) in [7, 11) is 0. The van der Waals surface area contributed by atoms with E-state index in [1.807, 2.05) is 20.8 Å². The zero-order chi connectivity index (χ0) is 13.8. The highest BCUT2D eigenvalue weighted by Crippen LogP contribution is 2.19. The largest absolute Gasteiger partial charge is 0.444 e. The van der Waals surface area contributed by atoms with Crippen molar-refractivity contribution in [3.63, 3.8) is 0 Å². The van der Waals surface area contributed by atoms with Gasteiger partial charge in [-0.2, -0.15) is 0 Å². The predicted molar refractivity (Wildman–Crippen MR) is 69.2 cm³/mol. The van der Waals surface area contributed by atoms with E-state index in [0.29, 0.717) is 38.9 Å². The van der Waals surface area contributed by atoms with E-state index in [-0.39, 0.29) is 17.8 Å². The molecule has 104 valence electrons. The molecule has 0 aliphatic carbocycles. The van der Waals surface area contributed by atoms with Crippen LogP contribution in [0.4, 0.5) is 4.79 Å². The molecular weight excluding hydrogens is 232 g/mol. The van der Waals surface area contributed by atoms with Crippen molar-refractivity contribution in [1.29, 1.82) is 0 Å². The van der Waals surface area contributed by atoms with Gasteiger partial charge < -0.3 is 15.4 Å². The van der Waals surface area contributed by atoms with E-state index in [1.54, 1.807) is 4.90 Å². The van der Waals surface area contributed by atoms with Crippen LogP contribution in [-0.2, 0) is 9.53 Å². The Morgan fingerprint density at radius 1 is 1.44 bits per heavy atom. The van der Waals surface area contributed by atoms with Crippen LogP contribution in [0.1, 0.15) is 40.0 Å². The number of ether oxygens (including phenoxy) is 1. The summed E-state index contributed by atoms with van der Waals surface area (Å²) in [6.07, 6.45) is 1.48. The zero-order valence-electron chi connectivity index (χ0n) is 11.6. The molecule has 1 saturated heterocycles. The molecule has 1 aliphatic rings. The van der Waals surface area contributed by atoms with Gasteiger partial charge in [0.1, 0.15) is 11.4 Å². The molecule has 1 heterocycles. The minimum absolute atomic E-state index is 0.00226. The summed E-state index contributed by atoms with van der Waals surface area (Å²) in [5.41, 5.74) is 5.00. The molecule has 5 heteroatoms. The Bertz CT molecular complexity index is 310. The first-order valence-electron chi connectivity index (χ1n) is 6.54. The van der Waals surface area contributed by atoms with E-state index in [0.717, 1.165) is 0 Å². The second kappa shape index (κ2) is 6.18. The molecule has 18 heavy (non-hydrogen) atoms. The van der Waals surface area contributed by atoms with Crippen LogP contribution < -0.4 is 5.73 Å². The highest BCUT2D eigenvalue weighted by Gasteiger charge is 2.28. The van der Waals surface area contributed by atoms with Crippen LogP contribution in [0.15, 0.2) is 0 Å². The molecule has 1 fully saturated rings. The SMILES string of the molecule is CC(C)(C)OC(=O)N1CCC(=O)C(CCN)CC1. The number of amides is 1. The third kappa shape index (κ3) is 4.64. The van der Waals surface area contributed by atoms with Crippen molar-refractivity contribution in [1.82, 2.24) is 4.90 Å². The lowest BCUT2D eigenvalue weighted by Crippen LogP contribution is -2.37. The van der Waals surface area contributed by atoms with E-state index >= 15 is 0 Å². The van der Waals surface area contributed by atoms with Gasteiger partial charge in [-0.15, -0.1) is 0 Å². The molecule has 1 rings (SSSR count). The molecule has 1 unspecified atom stereocenters. The lowest BCUT2D eigenvalue weighted by atomic mass is 9.96. The fraction of sp³-hybridized carbons (Fsp3) is 0.846. The monoisotopic (exact) mass is 256 g/mol. The number of rotatable bonds is 2. The number of nitrogens with two attached hydrogens (primary N) is 1. The average Bonchev–Trinajstić information content (AvgIpc) is 2.40. The number of Topliss-reactive ketones (excluding diaryl/α,β-unsaturated/α-hetero) is 1. The Labute approximate surface area is 109 Å². The van der Waals surface area contributed by atoms with Gasteiger partial charge in [-0.1, -0.05) is 0 Å². The normalized spacial score (nSPS) is 21.7. The summed E-state index contributed by atoms with van der Waals surface area (Å²) in [5, 5.41) is 0. The van der Waals surface area contributed by atoms with E-state index in [9.17, 15) is 9.59 Å². The fourth-order valence-electron chi connectivity index (χ4n) is 2.05. The molecule has 0 aromatic heterocycles. The van der Waals surface area contributed by atoms with Gasteiger partial charge in [0.2, 0.25) is 0 Å². The van der Waals surface area contributed by atoms with Gasteiger partial charge in [-0.25, -0.2) is 4.79 Å². The van der Waals surface area contributed by atoms with Gasteiger partial charge in [0.05, 0.1) is 0 Å². The number of hydrogen-bond acceptors (Lipinski definition) is 4. The van der Waals surface area contributed by atoms with E-state index in [1.165, 1.54) is 0 Å². The zero-order valence-corrected chi connectivity index (χ0v) is 11.6. The summed E-state index contributed by atoms with van der Waals surface area (Å²) in [4.78, 5) is 25.4. The maximum Gasteiger partial charge on any atom is 0.410 e. The van der Waals surface area contributed by atoms with E-state index in [2.05, 4.69) is 0 Å². The summed E-state index contributed by atoms with van der Waals surface area (Å²) < 4.78 is 5.31. The van der Waals surface area contributed by atoms with E-state index < -0.39 is 5.60 Å². The minimum atomic E-state index is -0.496. The highest BCUT2D eigenvalue weighted by molar-refractivity contribution is 5.82. The fourth-order valence-corrected chi connectivity index (χ4v) is 2.05. The topological polar surface area (TPSA) is 72.6 Å². The summed E-state index contributed by atoms with van der Waals surface area (Å²) in [6.45, 7) is 7.06. The van der Waals surface area contributed by atoms with Gasteiger partial charge in [0, 0.05) is 25.4 Å². The minimum Gasteiger partial charge on any atom is -0.444 e. The Morgan fingerprint density at radius 2 is 2.11 bits per heavy atom. The van der Waals surface area contributed by atoms with Gasteiger partial charge in [0.15, 0.2) is 0 Å². The Kier molecular flexibility index (Phi) is 5.14. The van der Waals surface area contributed by atoms with Crippen LogP contribution in [-0.4, -0.2) is 42.0 Å². The molecule has 0 aromatic carbocycles. The third-order valence-electron chi connectivity index (χ3n) is 3.00. The molecule has 0 spiro atoms. The average molecular weight is 256 g/mol. The van der Waals surface area contributed by atoms with Crippen LogP contribution in [0, 0.1) is 5.92 Å². The van der Waals surface area contributed by atoms with Crippen molar-refractivity contribution in [2.75, 3.05) is 19.6 Å². The quantitative estimate of drug-likeness (QED) is 0.813. The van der Waals surface area contributed by atoms with Crippen LogP contribution in [0.2, 0.25) is 0 Å². The number of ketones is 1. The van der Waals surface area contributed by atoms with Crippen molar-refractivity contribution >= 4 is 11.9 Å². The summed E-state index contributed by atoms with van der Waals surface area (Å²) in [5.74, 6) is 0.217. The molecule has 2 N–H and O–H groups in total. The van der Waals surface area contributed by atoms with E-state index in [4.69, 9.17) is 10.5 Å². The van der Waals surface area contributed by atoms with Crippen LogP contribution >= 0.6 is 0 Å². The van der Waals surface area contributed by atoms with Gasteiger partial charge in [0.25, 0.3) is 0 Å². The maximum absolute atomic E-state index is 11.9. The maximum atomic E-state index is 11.9. The Hall–Kier alpha value is -1.10. The van der Waals surface area contributed by atoms with Crippen molar-refractivity contribution in [2.45, 2.75) is 45.6 Å². The first-order chi connectivity index (χ1) is 8.33. The van der Waals surface area contributed by atoms with Crippen LogP contribution in [0.25, 0.3) is 0 Å². The predicted octanol–water partition coefficient (Wildman–Crippen LogP) is 1.55. The van der Waals surface area contributed by atoms with Crippen LogP contribution in [0.3, 0.4) is 0 Å². The van der Waals surface area contributed by atoms with Crippen molar-refractivity contribution in [3.05, 3.63) is 0 Å². The second-order valence-electron chi connectivity index (χ2n) is 5.75. The van der Waals surface area contributed by atoms with Crippen molar-refractivity contribution < 1.29 is 14.3 Å². The van der Waals surface area contributed by atoms with Crippen molar-refractivity contribution in [2.24, 2.45) is 11.7 Å². The van der Waals surface area contributed by atoms with Gasteiger partial charge in [-0.3, -0.25) is 4.79 Å². The molecule has 0 radical (unpaired) electrons. The first-order valence-corrected chi connectivity index (χ1v) is 6.54. The number of hydrogen-bond donors (Lipinski definition) is 1. The first kappa shape index (κ1) is 15.0. The number of carbonyl (C=O) groups is 2. The van der Waals surface area contributed by atoms with Gasteiger partial charge >= 0.3 is 6.09 Å². The molecular formula is C13H24N2O3. The standard InChI is InChI=1S/C13H24N2O3/c1-13(2,3)18-12(17)15-8-5-10(4-7-14)11(16)6-9-15/h10H,4-9,14H2,1-3H3.